The first-order valence-electron chi connectivity index (χ1n) is 9.84. The number of hydrogen-bond donors (Lipinski definition) is 0. The van der Waals surface area contributed by atoms with Gasteiger partial charge in [-0.05, 0) is 47.5 Å². The van der Waals surface area contributed by atoms with Crippen molar-refractivity contribution in [1.82, 2.24) is 0 Å². The van der Waals surface area contributed by atoms with E-state index >= 15 is 0 Å². The summed E-state index contributed by atoms with van der Waals surface area (Å²) in [5, 5.41) is 0.505. The molecule has 0 atom stereocenters. The predicted octanol–water partition coefficient (Wildman–Crippen LogP) is 6.42. The first-order chi connectivity index (χ1) is 15.5. The molecule has 0 saturated carbocycles. The van der Waals surface area contributed by atoms with E-state index in [0.717, 1.165) is 21.3 Å². The van der Waals surface area contributed by atoms with E-state index in [-0.39, 0.29) is 5.43 Å². The minimum absolute atomic E-state index is 0.134. The molecule has 6 heteroatoms. The van der Waals surface area contributed by atoms with E-state index in [4.69, 9.17) is 18.6 Å². The Balaban J connectivity index is 1.89. The minimum Gasteiger partial charge on any atom is -0.497 e. The maximum Gasteiger partial charge on any atom is 0.193 e. The van der Waals surface area contributed by atoms with E-state index in [2.05, 4.69) is 15.9 Å². The third-order valence-corrected chi connectivity index (χ3v) is 5.56. The SMILES string of the molecule is COc1ccc(/C=C/c2cc(OC)cc(OC)c2-c2cc(=O)c3cc(Br)ccc3o2)cc1. The molecule has 1 aromatic heterocycles. The second-order valence-electron chi connectivity index (χ2n) is 7.02. The zero-order valence-corrected chi connectivity index (χ0v) is 19.4. The van der Waals surface area contributed by atoms with Gasteiger partial charge in [-0.2, -0.15) is 0 Å². The Bertz CT molecular complexity index is 1350. The fourth-order valence-electron chi connectivity index (χ4n) is 3.44. The summed E-state index contributed by atoms with van der Waals surface area (Å²) in [6.45, 7) is 0. The largest absolute Gasteiger partial charge is 0.497 e. The second-order valence-corrected chi connectivity index (χ2v) is 7.93. The molecular formula is C26H21BrO5. The Kier molecular flexibility index (Phi) is 6.32. The van der Waals surface area contributed by atoms with Gasteiger partial charge in [0, 0.05) is 16.6 Å². The third kappa shape index (κ3) is 4.41. The number of rotatable bonds is 6. The van der Waals surface area contributed by atoms with Gasteiger partial charge in [-0.1, -0.05) is 40.2 Å². The molecule has 3 aromatic carbocycles. The predicted molar refractivity (Wildman–Crippen MR) is 131 cm³/mol. The molecule has 32 heavy (non-hydrogen) atoms. The maximum absolute atomic E-state index is 12.8. The molecule has 0 saturated heterocycles. The highest BCUT2D eigenvalue weighted by molar-refractivity contribution is 9.10. The number of benzene rings is 3. The quantitative estimate of drug-likeness (QED) is 0.290. The average molecular weight is 493 g/mol. The molecule has 0 amide bonds. The van der Waals surface area contributed by atoms with Gasteiger partial charge in [-0.3, -0.25) is 4.79 Å². The van der Waals surface area contributed by atoms with E-state index in [1.165, 1.54) is 6.07 Å². The summed E-state index contributed by atoms with van der Waals surface area (Å²) < 4.78 is 23.3. The number of hydrogen-bond acceptors (Lipinski definition) is 5. The molecule has 0 bridgehead atoms. The van der Waals surface area contributed by atoms with Crippen LogP contribution in [-0.4, -0.2) is 21.3 Å². The van der Waals surface area contributed by atoms with E-state index in [1.54, 1.807) is 39.5 Å². The van der Waals surface area contributed by atoms with Gasteiger partial charge < -0.3 is 18.6 Å². The van der Waals surface area contributed by atoms with Crippen molar-refractivity contribution in [2.75, 3.05) is 21.3 Å². The zero-order valence-electron chi connectivity index (χ0n) is 17.8. The van der Waals surface area contributed by atoms with Crippen LogP contribution in [-0.2, 0) is 0 Å². The number of halogens is 1. The minimum atomic E-state index is -0.134. The van der Waals surface area contributed by atoms with Crippen LogP contribution in [0.3, 0.4) is 0 Å². The van der Waals surface area contributed by atoms with Crippen molar-refractivity contribution in [3.63, 3.8) is 0 Å². The first kappa shape index (κ1) is 21.7. The standard InChI is InChI=1S/C26H21BrO5/c1-29-19-9-5-16(6-10-19)4-7-17-12-20(30-2)14-24(31-3)26(17)25-15-22(28)21-13-18(27)8-11-23(21)32-25/h4-15H,1-3H3/b7-4+. The Morgan fingerprint density at radius 1 is 0.812 bits per heavy atom. The topological polar surface area (TPSA) is 57.9 Å². The first-order valence-corrected chi connectivity index (χ1v) is 10.6. The lowest BCUT2D eigenvalue weighted by molar-refractivity contribution is 0.394. The molecule has 0 fully saturated rings. The highest BCUT2D eigenvalue weighted by Crippen LogP contribution is 2.38. The molecule has 0 aliphatic carbocycles. The summed E-state index contributed by atoms with van der Waals surface area (Å²) in [7, 11) is 4.81. The molecule has 162 valence electrons. The van der Waals surface area contributed by atoms with Crippen LogP contribution >= 0.6 is 15.9 Å². The normalized spacial score (nSPS) is 11.1. The van der Waals surface area contributed by atoms with Crippen LogP contribution in [0.5, 0.6) is 17.2 Å². The molecule has 0 aliphatic heterocycles. The molecule has 4 rings (SSSR count). The second kappa shape index (κ2) is 9.32. The average Bonchev–Trinajstić information content (AvgIpc) is 2.82. The number of methoxy groups -OCH3 is 3. The van der Waals surface area contributed by atoms with Gasteiger partial charge in [0.1, 0.15) is 28.6 Å². The van der Waals surface area contributed by atoms with E-state index < -0.39 is 0 Å². The summed E-state index contributed by atoms with van der Waals surface area (Å²) in [5.41, 5.74) is 2.81. The van der Waals surface area contributed by atoms with Gasteiger partial charge in [0.05, 0.1) is 32.3 Å². The summed E-state index contributed by atoms with van der Waals surface area (Å²) in [4.78, 5) is 12.8. The molecule has 0 N–H and O–H groups in total. The molecule has 1 heterocycles. The van der Waals surface area contributed by atoms with E-state index in [0.29, 0.717) is 33.8 Å². The third-order valence-electron chi connectivity index (χ3n) is 5.07. The molecule has 0 aliphatic rings. The lowest BCUT2D eigenvalue weighted by Crippen LogP contribution is -2.02. The fourth-order valence-corrected chi connectivity index (χ4v) is 3.80. The van der Waals surface area contributed by atoms with E-state index in [9.17, 15) is 4.79 Å². The molecular weight excluding hydrogens is 472 g/mol. The van der Waals surface area contributed by atoms with Crippen LogP contribution in [0.15, 0.2) is 74.3 Å². The fraction of sp³-hybridized carbons (Fsp3) is 0.115. The molecule has 0 unspecified atom stereocenters. The van der Waals surface area contributed by atoms with Gasteiger partial charge in [-0.25, -0.2) is 0 Å². The molecule has 0 radical (unpaired) electrons. The van der Waals surface area contributed by atoms with Gasteiger partial charge in [0.25, 0.3) is 0 Å². The van der Waals surface area contributed by atoms with Gasteiger partial charge in [-0.15, -0.1) is 0 Å². The summed E-state index contributed by atoms with van der Waals surface area (Å²) in [5.74, 6) is 2.37. The van der Waals surface area contributed by atoms with Crippen molar-refractivity contribution in [3.8, 4) is 28.6 Å². The summed E-state index contributed by atoms with van der Waals surface area (Å²) >= 11 is 3.40. The van der Waals surface area contributed by atoms with Crippen LogP contribution in [0.4, 0.5) is 0 Å². The van der Waals surface area contributed by atoms with Crippen molar-refractivity contribution < 1.29 is 18.6 Å². The number of fused-ring (bicyclic) bond motifs is 1. The van der Waals surface area contributed by atoms with Crippen LogP contribution in [0.25, 0.3) is 34.4 Å². The van der Waals surface area contributed by atoms with Crippen molar-refractivity contribution in [2.24, 2.45) is 0 Å². The highest BCUT2D eigenvalue weighted by Gasteiger charge is 2.17. The van der Waals surface area contributed by atoms with E-state index in [1.807, 2.05) is 48.6 Å². The van der Waals surface area contributed by atoms with Gasteiger partial charge in [0.2, 0.25) is 0 Å². The van der Waals surface area contributed by atoms with Gasteiger partial charge in [0.15, 0.2) is 5.43 Å². The Morgan fingerprint density at radius 3 is 2.25 bits per heavy atom. The van der Waals surface area contributed by atoms with Crippen molar-refractivity contribution in [1.29, 1.82) is 0 Å². The molecule has 5 nitrogen and oxygen atoms in total. The maximum atomic E-state index is 12.8. The van der Waals surface area contributed by atoms with Crippen LogP contribution in [0.2, 0.25) is 0 Å². The molecule has 4 aromatic rings. The smallest absolute Gasteiger partial charge is 0.193 e. The van der Waals surface area contributed by atoms with Gasteiger partial charge >= 0.3 is 0 Å². The van der Waals surface area contributed by atoms with Crippen molar-refractivity contribution in [2.45, 2.75) is 0 Å². The van der Waals surface area contributed by atoms with Crippen molar-refractivity contribution in [3.05, 3.63) is 86.5 Å². The van der Waals surface area contributed by atoms with Crippen molar-refractivity contribution >= 4 is 39.1 Å². The molecule has 0 spiro atoms. The number of ether oxygens (including phenoxy) is 3. The lowest BCUT2D eigenvalue weighted by Gasteiger charge is -2.14. The Morgan fingerprint density at radius 2 is 1.56 bits per heavy atom. The zero-order chi connectivity index (χ0) is 22.7. The monoisotopic (exact) mass is 492 g/mol. The lowest BCUT2D eigenvalue weighted by atomic mass is 10.0. The van der Waals surface area contributed by atoms with Crippen LogP contribution in [0.1, 0.15) is 11.1 Å². The Hall–Kier alpha value is -3.51. The summed E-state index contributed by atoms with van der Waals surface area (Å²) in [6, 6.07) is 18.2. The van der Waals surface area contributed by atoms with Crippen LogP contribution < -0.4 is 19.6 Å². The highest BCUT2D eigenvalue weighted by atomic mass is 79.9. The Labute approximate surface area is 194 Å². The summed E-state index contributed by atoms with van der Waals surface area (Å²) in [6.07, 6.45) is 3.90. The van der Waals surface area contributed by atoms with Crippen LogP contribution in [0, 0.1) is 0 Å².